The Morgan fingerprint density at radius 1 is 1.33 bits per heavy atom. The Morgan fingerprint density at radius 3 is 2.33 bits per heavy atom. The van der Waals surface area contributed by atoms with Crippen LogP contribution in [-0.4, -0.2) is 19.1 Å². The molecular formula is C9H7BrF3NO. The summed E-state index contributed by atoms with van der Waals surface area (Å²) in [5.74, 6) is -1.89. The maximum atomic E-state index is 12.1. The monoisotopic (exact) mass is 281 g/mol. The topological polar surface area (TPSA) is 20.3 Å². The lowest BCUT2D eigenvalue weighted by molar-refractivity contribution is -0.170. The molecule has 0 saturated carbocycles. The minimum atomic E-state index is -4.86. The van der Waals surface area contributed by atoms with Crippen molar-refractivity contribution in [3.05, 3.63) is 28.7 Å². The summed E-state index contributed by atoms with van der Waals surface area (Å²) < 4.78 is 36.8. The third kappa shape index (κ3) is 2.71. The highest BCUT2D eigenvalue weighted by atomic mass is 79.9. The fourth-order valence-electron chi connectivity index (χ4n) is 1.02. The molecule has 0 aliphatic heterocycles. The van der Waals surface area contributed by atoms with E-state index in [9.17, 15) is 18.0 Å². The van der Waals surface area contributed by atoms with Gasteiger partial charge >= 0.3 is 12.1 Å². The Balaban J connectivity index is 3.01. The second-order valence-corrected chi connectivity index (χ2v) is 3.67. The molecule has 0 aromatic heterocycles. The molecule has 0 atom stereocenters. The normalized spacial score (nSPS) is 11.3. The van der Waals surface area contributed by atoms with Gasteiger partial charge in [0, 0.05) is 11.5 Å². The van der Waals surface area contributed by atoms with E-state index >= 15 is 0 Å². The van der Waals surface area contributed by atoms with Gasteiger partial charge in [0.25, 0.3) is 0 Å². The summed E-state index contributed by atoms with van der Waals surface area (Å²) in [4.78, 5) is 11.5. The number of anilines is 1. The second-order valence-electron chi connectivity index (χ2n) is 2.81. The van der Waals surface area contributed by atoms with Crippen molar-refractivity contribution in [3.63, 3.8) is 0 Å². The molecule has 0 N–H and O–H groups in total. The molecule has 0 bridgehead atoms. The van der Waals surface area contributed by atoms with E-state index in [1.54, 1.807) is 18.2 Å². The maximum Gasteiger partial charge on any atom is 0.471 e. The number of carbonyl (C=O) groups is 1. The number of nitrogens with zero attached hydrogens (tertiary/aromatic N) is 1. The van der Waals surface area contributed by atoms with Crippen LogP contribution in [0.2, 0.25) is 0 Å². The van der Waals surface area contributed by atoms with Gasteiger partial charge in [0.05, 0.1) is 5.69 Å². The van der Waals surface area contributed by atoms with E-state index in [1.807, 2.05) is 0 Å². The fourth-order valence-corrected chi connectivity index (χ4v) is 1.57. The predicted octanol–water partition coefficient (Wildman–Crippen LogP) is 2.97. The molecule has 0 aliphatic carbocycles. The van der Waals surface area contributed by atoms with Crippen molar-refractivity contribution in [1.29, 1.82) is 0 Å². The van der Waals surface area contributed by atoms with Gasteiger partial charge in [-0.2, -0.15) is 13.2 Å². The van der Waals surface area contributed by atoms with Crippen LogP contribution in [0.25, 0.3) is 0 Å². The quantitative estimate of drug-likeness (QED) is 0.775. The van der Waals surface area contributed by atoms with E-state index in [4.69, 9.17) is 0 Å². The smallest absolute Gasteiger partial charge is 0.307 e. The van der Waals surface area contributed by atoms with Crippen LogP contribution < -0.4 is 4.90 Å². The first-order chi connectivity index (χ1) is 6.84. The molecule has 1 amide bonds. The third-order valence-electron chi connectivity index (χ3n) is 1.76. The van der Waals surface area contributed by atoms with Gasteiger partial charge in [0.1, 0.15) is 0 Å². The molecule has 2 nitrogen and oxygen atoms in total. The van der Waals surface area contributed by atoms with Crippen molar-refractivity contribution in [2.24, 2.45) is 0 Å². The number of alkyl halides is 3. The molecule has 0 saturated heterocycles. The van der Waals surface area contributed by atoms with Gasteiger partial charge in [-0.15, -0.1) is 0 Å². The predicted molar refractivity (Wildman–Crippen MR) is 53.6 cm³/mol. The van der Waals surface area contributed by atoms with Crippen molar-refractivity contribution in [3.8, 4) is 0 Å². The summed E-state index contributed by atoms with van der Waals surface area (Å²) in [5, 5.41) is 0. The molecule has 6 heteroatoms. The molecular weight excluding hydrogens is 275 g/mol. The number of hydrogen-bond acceptors (Lipinski definition) is 1. The van der Waals surface area contributed by atoms with E-state index in [0.717, 1.165) is 7.05 Å². The molecule has 1 aromatic carbocycles. The van der Waals surface area contributed by atoms with Crippen LogP contribution in [0.4, 0.5) is 18.9 Å². The lowest BCUT2D eigenvalue weighted by Gasteiger charge is -2.19. The Kier molecular flexibility index (Phi) is 3.38. The van der Waals surface area contributed by atoms with Gasteiger partial charge in [-0.05, 0) is 28.1 Å². The van der Waals surface area contributed by atoms with Gasteiger partial charge in [-0.1, -0.05) is 12.1 Å². The molecule has 0 heterocycles. The van der Waals surface area contributed by atoms with E-state index < -0.39 is 12.1 Å². The van der Waals surface area contributed by atoms with Crippen LogP contribution in [0, 0.1) is 0 Å². The van der Waals surface area contributed by atoms with Crippen molar-refractivity contribution < 1.29 is 18.0 Å². The molecule has 1 rings (SSSR count). The van der Waals surface area contributed by atoms with Crippen LogP contribution in [0.5, 0.6) is 0 Å². The molecule has 15 heavy (non-hydrogen) atoms. The zero-order chi connectivity index (χ0) is 11.6. The summed E-state index contributed by atoms with van der Waals surface area (Å²) in [6.45, 7) is 0. The van der Waals surface area contributed by atoms with Crippen LogP contribution in [-0.2, 0) is 4.79 Å². The number of benzene rings is 1. The first-order valence-corrected chi connectivity index (χ1v) is 4.72. The number of para-hydroxylation sites is 1. The lowest BCUT2D eigenvalue weighted by Crippen LogP contribution is -2.38. The number of halogens is 4. The van der Waals surface area contributed by atoms with Gasteiger partial charge < -0.3 is 4.90 Å². The average Bonchev–Trinajstić information content (AvgIpc) is 2.15. The number of rotatable bonds is 1. The van der Waals surface area contributed by atoms with E-state index in [2.05, 4.69) is 15.9 Å². The largest absolute Gasteiger partial charge is 0.471 e. The molecule has 0 fully saturated rings. The van der Waals surface area contributed by atoms with Crippen LogP contribution in [0.1, 0.15) is 0 Å². The second kappa shape index (κ2) is 4.22. The Morgan fingerprint density at radius 2 is 1.87 bits per heavy atom. The SMILES string of the molecule is CN(C(=O)C(F)(F)F)c1ccccc1Br. The minimum absolute atomic E-state index is 0.180. The Labute approximate surface area is 92.8 Å². The zero-order valence-corrected chi connectivity index (χ0v) is 9.26. The molecule has 0 radical (unpaired) electrons. The number of amides is 1. The molecule has 0 aliphatic rings. The minimum Gasteiger partial charge on any atom is -0.307 e. The van der Waals surface area contributed by atoms with Gasteiger partial charge in [0.15, 0.2) is 0 Å². The van der Waals surface area contributed by atoms with Gasteiger partial charge in [-0.3, -0.25) is 4.79 Å². The first-order valence-electron chi connectivity index (χ1n) is 3.93. The van der Waals surface area contributed by atoms with Crippen molar-refractivity contribution in [2.75, 3.05) is 11.9 Å². The fraction of sp³-hybridized carbons (Fsp3) is 0.222. The van der Waals surface area contributed by atoms with Crippen molar-refractivity contribution >= 4 is 27.5 Å². The van der Waals surface area contributed by atoms with E-state index in [0.29, 0.717) is 9.37 Å². The van der Waals surface area contributed by atoms with Crippen LogP contribution >= 0.6 is 15.9 Å². The highest BCUT2D eigenvalue weighted by Crippen LogP contribution is 2.28. The summed E-state index contributed by atoms with van der Waals surface area (Å²) in [6.07, 6.45) is -4.86. The molecule has 1 aromatic rings. The van der Waals surface area contributed by atoms with E-state index in [-0.39, 0.29) is 5.69 Å². The van der Waals surface area contributed by atoms with Crippen LogP contribution in [0.3, 0.4) is 0 Å². The van der Waals surface area contributed by atoms with E-state index in [1.165, 1.54) is 6.07 Å². The van der Waals surface area contributed by atoms with Crippen molar-refractivity contribution in [2.45, 2.75) is 6.18 Å². The lowest BCUT2D eigenvalue weighted by atomic mass is 10.3. The summed E-state index contributed by atoms with van der Waals surface area (Å²) in [6, 6.07) is 6.20. The van der Waals surface area contributed by atoms with Crippen molar-refractivity contribution in [1.82, 2.24) is 0 Å². The molecule has 0 unspecified atom stereocenters. The number of hydrogen-bond donors (Lipinski definition) is 0. The number of carbonyl (C=O) groups excluding carboxylic acids is 1. The van der Waals surface area contributed by atoms with Gasteiger partial charge in [-0.25, -0.2) is 0 Å². The Bertz CT molecular complexity index is 378. The highest BCUT2D eigenvalue weighted by molar-refractivity contribution is 9.10. The van der Waals surface area contributed by atoms with Gasteiger partial charge in [0.2, 0.25) is 0 Å². The molecule has 0 spiro atoms. The maximum absolute atomic E-state index is 12.1. The third-order valence-corrected chi connectivity index (χ3v) is 2.43. The highest BCUT2D eigenvalue weighted by Gasteiger charge is 2.41. The standard InChI is InChI=1S/C9H7BrF3NO/c1-14(8(15)9(11,12)13)7-5-3-2-4-6(7)10/h2-5H,1H3. The summed E-state index contributed by atoms with van der Waals surface area (Å²) in [5.41, 5.74) is 0.180. The van der Waals surface area contributed by atoms with Crippen LogP contribution in [0.15, 0.2) is 28.7 Å². The molecule has 82 valence electrons. The Hall–Kier alpha value is -1.04. The summed E-state index contributed by atoms with van der Waals surface area (Å²) in [7, 11) is 1.08. The summed E-state index contributed by atoms with van der Waals surface area (Å²) >= 11 is 3.07. The first kappa shape index (κ1) is 12.0. The zero-order valence-electron chi connectivity index (χ0n) is 7.68. The average molecular weight is 282 g/mol.